The first kappa shape index (κ1) is 24.4. The molecule has 1 aromatic heterocycles. The zero-order valence-corrected chi connectivity index (χ0v) is 18.5. The third kappa shape index (κ3) is 5.55. The van der Waals surface area contributed by atoms with Gasteiger partial charge in [-0.15, -0.1) is 0 Å². The van der Waals surface area contributed by atoms with E-state index in [0.717, 1.165) is 29.1 Å². The first-order chi connectivity index (χ1) is 16.2. The van der Waals surface area contributed by atoms with Gasteiger partial charge < -0.3 is 14.2 Å². The highest BCUT2D eigenvalue weighted by molar-refractivity contribution is 5.87. The molecular weight excluding hydrogens is 452 g/mol. The fraction of sp³-hybridized carbons (Fsp3) is 0.217. The number of para-hydroxylation sites is 1. The maximum Gasteiger partial charge on any atom is 0.387 e. The molecule has 0 saturated heterocycles. The van der Waals surface area contributed by atoms with E-state index in [2.05, 4.69) is 9.84 Å². The molecule has 3 aromatic rings. The zero-order valence-electron chi connectivity index (χ0n) is 18.5. The second kappa shape index (κ2) is 10.6. The van der Waals surface area contributed by atoms with E-state index in [0.29, 0.717) is 5.69 Å². The zero-order chi connectivity index (χ0) is 24.8. The number of ether oxygens (including phenoxy) is 3. The topological polar surface area (TPSA) is 106 Å². The minimum Gasteiger partial charge on any atom is -0.493 e. The summed E-state index contributed by atoms with van der Waals surface area (Å²) in [5, 5.41) is 15.9. The molecular formula is C23H21F2N3O6. The average molecular weight is 473 g/mol. The van der Waals surface area contributed by atoms with Gasteiger partial charge in [0.2, 0.25) is 0 Å². The van der Waals surface area contributed by atoms with Crippen molar-refractivity contribution >= 4 is 17.7 Å². The smallest absolute Gasteiger partial charge is 0.387 e. The first-order valence-corrected chi connectivity index (χ1v) is 9.97. The van der Waals surface area contributed by atoms with Crippen molar-refractivity contribution in [3.8, 4) is 17.2 Å². The number of hydrogen-bond acceptors (Lipinski definition) is 7. The number of carbonyl (C=O) groups excluding carboxylic acids is 1. The van der Waals surface area contributed by atoms with Crippen LogP contribution in [0.25, 0.3) is 11.8 Å². The quantitative estimate of drug-likeness (QED) is 0.191. The summed E-state index contributed by atoms with van der Waals surface area (Å²) >= 11 is 0. The minimum absolute atomic E-state index is 0.0468. The van der Waals surface area contributed by atoms with Gasteiger partial charge in [0.25, 0.3) is 5.69 Å². The van der Waals surface area contributed by atoms with Gasteiger partial charge in [0.15, 0.2) is 11.5 Å². The molecule has 0 amide bonds. The summed E-state index contributed by atoms with van der Waals surface area (Å²) in [7, 11) is 1.19. The summed E-state index contributed by atoms with van der Waals surface area (Å²) in [4.78, 5) is 22.9. The largest absolute Gasteiger partial charge is 0.493 e. The average Bonchev–Trinajstić information content (AvgIpc) is 3.09. The molecule has 178 valence electrons. The van der Waals surface area contributed by atoms with Gasteiger partial charge in [-0.3, -0.25) is 10.1 Å². The Morgan fingerprint density at radius 2 is 1.91 bits per heavy atom. The number of nitrogens with zero attached hydrogens (tertiary/aromatic N) is 3. The van der Waals surface area contributed by atoms with Crippen molar-refractivity contribution in [3.05, 3.63) is 81.2 Å². The third-order valence-corrected chi connectivity index (χ3v) is 4.88. The molecule has 9 nitrogen and oxygen atoms in total. The summed E-state index contributed by atoms with van der Waals surface area (Å²) in [5.74, 6) is -1.42. The monoisotopic (exact) mass is 473 g/mol. The van der Waals surface area contributed by atoms with E-state index in [-0.39, 0.29) is 11.3 Å². The Morgan fingerprint density at radius 1 is 1.21 bits per heavy atom. The van der Waals surface area contributed by atoms with Crippen molar-refractivity contribution in [3.63, 3.8) is 0 Å². The molecule has 11 heteroatoms. The normalized spacial score (nSPS) is 11.1. The van der Waals surface area contributed by atoms with Crippen LogP contribution in [0.5, 0.6) is 11.5 Å². The van der Waals surface area contributed by atoms with E-state index >= 15 is 0 Å². The van der Waals surface area contributed by atoms with Gasteiger partial charge >= 0.3 is 12.6 Å². The van der Waals surface area contributed by atoms with Gasteiger partial charge in [-0.1, -0.05) is 18.2 Å². The Bertz CT molecular complexity index is 1230. The standard InChI is InChI=1S/C23H21F2N3O6/c1-14-18(15(2)27(26-14)17-7-5-4-6-8-17)9-10-22(29)33-13-16-11-20(32-3)21(34-23(24)25)12-19(16)28(30)31/h4-12,23H,13H2,1-3H3/b10-9+. The van der Waals surface area contributed by atoms with Gasteiger partial charge in [-0.2, -0.15) is 13.9 Å². The Labute approximate surface area is 193 Å². The van der Waals surface area contributed by atoms with Crippen LogP contribution in [0.2, 0.25) is 0 Å². The van der Waals surface area contributed by atoms with E-state index in [9.17, 15) is 23.7 Å². The van der Waals surface area contributed by atoms with Crippen molar-refractivity contribution in [1.82, 2.24) is 9.78 Å². The van der Waals surface area contributed by atoms with Crippen molar-refractivity contribution in [2.75, 3.05) is 7.11 Å². The number of carbonyl (C=O) groups is 1. The Kier molecular flexibility index (Phi) is 7.57. The number of methoxy groups -OCH3 is 1. The molecule has 0 bridgehead atoms. The number of benzene rings is 2. The minimum atomic E-state index is -3.19. The van der Waals surface area contributed by atoms with Crippen LogP contribution in [0.1, 0.15) is 22.5 Å². The highest BCUT2D eigenvalue weighted by Gasteiger charge is 2.22. The van der Waals surface area contributed by atoms with E-state index in [1.165, 1.54) is 13.2 Å². The SMILES string of the molecule is COc1cc(COC(=O)/C=C/c2c(C)nn(-c3ccccc3)c2C)c([N+](=O)[O-])cc1OC(F)F. The van der Waals surface area contributed by atoms with Crippen LogP contribution in [-0.4, -0.2) is 34.4 Å². The number of nitro groups is 1. The van der Waals surface area contributed by atoms with E-state index in [1.54, 1.807) is 17.7 Å². The Morgan fingerprint density at radius 3 is 2.53 bits per heavy atom. The van der Waals surface area contributed by atoms with Gasteiger partial charge in [0.05, 0.1) is 35.0 Å². The van der Waals surface area contributed by atoms with Gasteiger partial charge in [-0.25, -0.2) is 9.48 Å². The maximum atomic E-state index is 12.6. The van der Waals surface area contributed by atoms with Crippen LogP contribution >= 0.6 is 0 Å². The predicted molar refractivity (Wildman–Crippen MR) is 118 cm³/mol. The fourth-order valence-electron chi connectivity index (χ4n) is 3.29. The number of aryl methyl sites for hydroxylation is 1. The molecule has 0 saturated carbocycles. The third-order valence-electron chi connectivity index (χ3n) is 4.88. The van der Waals surface area contributed by atoms with Crippen LogP contribution in [-0.2, 0) is 16.1 Å². The molecule has 34 heavy (non-hydrogen) atoms. The summed E-state index contributed by atoms with van der Waals surface area (Å²) in [5.41, 5.74) is 2.49. The lowest BCUT2D eigenvalue weighted by Crippen LogP contribution is -2.07. The van der Waals surface area contributed by atoms with Crippen LogP contribution < -0.4 is 9.47 Å². The van der Waals surface area contributed by atoms with Crippen LogP contribution in [0.3, 0.4) is 0 Å². The second-order valence-corrected chi connectivity index (χ2v) is 7.04. The Balaban J connectivity index is 1.77. The first-order valence-electron chi connectivity index (χ1n) is 9.97. The van der Waals surface area contributed by atoms with Crippen LogP contribution in [0, 0.1) is 24.0 Å². The second-order valence-electron chi connectivity index (χ2n) is 7.04. The lowest BCUT2D eigenvalue weighted by atomic mass is 10.1. The number of rotatable bonds is 9. The van der Waals surface area contributed by atoms with Crippen LogP contribution in [0.4, 0.5) is 14.5 Å². The van der Waals surface area contributed by atoms with Gasteiger partial charge in [0.1, 0.15) is 6.61 Å². The number of aromatic nitrogens is 2. The molecule has 0 radical (unpaired) electrons. The highest BCUT2D eigenvalue weighted by atomic mass is 19.3. The predicted octanol–water partition coefficient (Wildman–Crippen LogP) is 4.76. The number of hydrogen-bond donors (Lipinski definition) is 0. The highest BCUT2D eigenvalue weighted by Crippen LogP contribution is 2.36. The van der Waals surface area contributed by atoms with Gasteiger partial charge in [0, 0.05) is 17.3 Å². The lowest BCUT2D eigenvalue weighted by Gasteiger charge is -2.12. The van der Waals surface area contributed by atoms with Crippen molar-refractivity contribution < 1.29 is 32.7 Å². The maximum absolute atomic E-state index is 12.6. The molecule has 0 spiro atoms. The van der Waals surface area contributed by atoms with Crippen molar-refractivity contribution in [1.29, 1.82) is 0 Å². The lowest BCUT2D eigenvalue weighted by molar-refractivity contribution is -0.386. The van der Waals surface area contributed by atoms with Gasteiger partial charge in [-0.05, 0) is 38.1 Å². The van der Waals surface area contributed by atoms with E-state index in [4.69, 9.17) is 9.47 Å². The molecule has 0 N–H and O–H groups in total. The molecule has 0 unspecified atom stereocenters. The van der Waals surface area contributed by atoms with E-state index in [1.807, 2.05) is 37.3 Å². The molecule has 0 aliphatic carbocycles. The van der Waals surface area contributed by atoms with Crippen molar-refractivity contribution in [2.45, 2.75) is 27.1 Å². The number of alkyl halides is 2. The number of esters is 1. The molecule has 1 heterocycles. The number of halogens is 2. The summed E-state index contributed by atoms with van der Waals surface area (Å²) in [6.07, 6.45) is 2.73. The molecule has 0 atom stereocenters. The van der Waals surface area contributed by atoms with Crippen LogP contribution in [0.15, 0.2) is 48.5 Å². The number of nitro benzene ring substituents is 1. The molecule has 2 aromatic carbocycles. The summed E-state index contributed by atoms with van der Waals surface area (Å²) in [6, 6.07) is 11.4. The summed E-state index contributed by atoms with van der Waals surface area (Å²) < 4.78 is 41.2. The molecule has 0 aliphatic heterocycles. The Hall–Kier alpha value is -4.28. The molecule has 0 aliphatic rings. The van der Waals surface area contributed by atoms with E-state index < -0.39 is 35.5 Å². The summed E-state index contributed by atoms with van der Waals surface area (Å²) in [6.45, 7) is -0.0146. The fourth-order valence-corrected chi connectivity index (χ4v) is 3.29. The van der Waals surface area contributed by atoms with Crippen molar-refractivity contribution in [2.24, 2.45) is 0 Å². The molecule has 3 rings (SSSR count). The molecule has 0 fully saturated rings.